The molecule has 0 aliphatic rings. The maximum Gasteiger partial charge on any atom is 0.191 e. The maximum atomic E-state index is 12.4. The number of aryl methyl sites for hydroxylation is 1. The molecule has 1 heterocycles. The number of benzene rings is 2. The summed E-state index contributed by atoms with van der Waals surface area (Å²) in [6, 6.07) is 15.3. The Kier molecular flexibility index (Phi) is 7.36. The number of halogens is 1. The molecule has 2 aromatic carbocycles. The second kappa shape index (κ2) is 9.96. The molecular formula is C21H20ClN3OS2. The highest BCUT2D eigenvalue weighted by atomic mass is 35.5. The number of ketones is 1. The summed E-state index contributed by atoms with van der Waals surface area (Å²) in [7, 11) is 0. The van der Waals surface area contributed by atoms with Crippen molar-refractivity contribution >= 4 is 40.9 Å². The van der Waals surface area contributed by atoms with Gasteiger partial charge >= 0.3 is 0 Å². The molecule has 3 rings (SSSR count). The molecule has 3 aromatic rings. The Morgan fingerprint density at radius 2 is 1.82 bits per heavy atom. The number of Topliss-reactive ketones (excluding diaryl/α,β-unsaturated/α-hetero) is 1. The lowest BCUT2D eigenvalue weighted by Gasteiger charge is -2.08. The van der Waals surface area contributed by atoms with Crippen LogP contribution >= 0.6 is 35.1 Å². The summed E-state index contributed by atoms with van der Waals surface area (Å²) in [6.45, 7) is 6.50. The van der Waals surface area contributed by atoms with Crippen molar-refractivity contribution in [2.45, 2.75) is 29.3 Å². The van der Waals surface area contributed by atoms with Gasteiger partial charge in [-0.15, -0.1) is 28.5 Å². The first kappa shape index (κ1) is 20.7. The molecule has 0 fully saturated rings. The zero-order valence-electron chi connectivity index (χ0n) is 15.5. The molecule has 144 valence electrons. The molecule has 0 aliphatic heterocycles. The van der Waals surface area contributed by atoms with E-state index >= 15 is 0 Å². The van der Waals surface area contributed by atoms with Crippen LogP contribution in [-0.4, -0.2) is 26.3 Å². The second-order valence-corrected chi connectivity index (χ2v) is 8.55. The molecule has 28 heavy (non-hydrogen) atoms. The third kappa shape index (κ3) is 5.50. The number of aromatic nitrogens is 3. The zero-order valence-corrected chi connectivity index (χ0v) is 17.9. The molecular weight excluding hydrogens is 410 g/mol. The minimum absolute atomic E-state index is 0.0328. The topological polar surface area (TPSA) is 47.8 Å². The summed E-state index contributed by atoms with van der Waals surface area (Å²) >= 11 is 8.98. The standard InChI is InChI=1S/C21H20ClN3OS2/c1-3-12-25-20(14-27-18-10-4-15(2)5-11-18)23-24-21(25)28-13-19(26)16-6-8-17(22)9-7-16/h3-11H,1,12-14H2,2H3. The van der Waals surface area contributed by atoms with Gasteiger partial charge in [0.25, 0.3) is 0 Å². The lowest BCUT2D eigenvalue weighted by Crippen LogP contribution is -2.06. The molecule has 0 bridgehead atoms. The SMILES string of the molecule is C=CCn1c(CSc2ccc(C)cc2)nnc1SCC(=O)c1ccc(Cl)cc1. The third-order valence-electron chi connectivity index (χ3n) is 3.99. The average molecular weight is 430 g/mol. The Morgan fingerprint density at radius 1 is 1.11 bits per heavy atom. The highest BCUT2D eigenvalue weighted by Crippen LogP contribution is 2.25. The van der Waals surface area contributed by atoms with Crippen LogP contribution in [0.15, 0.2) is 71.2 Å². The number of allylic oxidation sites excluding steroid dienone is 1. The van der Waals surface area contributed by atoms with E-state index in [0.717, 1.165) is 11.0 Å². The Balaban J connectivity index is 1.65. The highest BCUT2D eigenvalue weighted by Gasteiger charge is 2.14. The summed E-state index contributed by atoms with van der Waals surface area (Å²) in [6.07, 6.45) is 1.81. The maximum absolute atomic E-state index is 12.4. The van der Waals surface area contributed by atoms with Crippen LogP contribution in [0, 0.1) is 6.92 Å². The van der Waals surface area contributed by atoms with Crippen molar-refractivity contribution in [3.05, 3.63) is 83.2 Å². The quantitative estimate of drug-likeness (QED) is 0.248. The van der Waals surface area contributed by atoms with Crippen LogP contribution in [0.4, 0.5) is 0 Å². The molecule has 0 N–H and O–H groups in total. The predicted octanol–water partition coefficient (Wildman–Crippen LogP) is 5.69. The van der Waals surface area contributed by atoms with Crippen LogP contribution in [0.2, 0.25) is 5.02 Å². The van der Waals surface area contributed by atoms with Gasteiger partial charge in [0.15, 0.2) is 10.9 Å². The predicted molar refractivity (Wildman–Crippen MR) is 117 cm³/mol. The van der Waals surface area contributed by atoms with Gasteiger partial charge in [-0.25, -0.2) is 0 Å². The molecule has 0 aliphatic carbocycles. The molecule has 7 heteroatoms. The van der Waals surface area contributed by atoms with Crippen LogP contribution in [0.25, 0.3) is 0 Å². The van der Waals surface area contributed by atoms with E-state index in [1.807, 2.05) is 10.6 Å². The van der Waals surface area contributed by atoms with Crippen LogP contribution < -0.4 is 0 Å². The summed E-state index contributed by atoms with van der Waals surface area (Å²) in [5.74, 6) is 1.90. The molecule has 0 saturated carbocycles. The Bertz CT molecular complexity index is 953. The number of nitrogens with zero attached hydrogens (tertiary/aromatic N) is 3. The zero-order chi connectivity index (χ0) is 19.9. The first-order chi connectivity index (χ1) is 13.6. The summed E-state index contributed by atoms with van der Waals surface area (Å²) in [5, 5.41) is 9.95. The van der Waals surface area contributed by atoms with Crippen LogP contribution in [0.3, 0.4) is 0 Å². The van der Waals surface area contributed by atoms with Gasteiger partial charge in [-0.1, -0.05) is 47.1 Å². The molecule has 0 amide bonds. The van der Waals surface area contributed by atoms with Gasteiger partial charge in [-0.2, -0.15) is 0 Å². The van der Waals surface area contributed by atoms with Crippen LogP contribution in [-0.2, 0) is 12.3 Å². The number of carbonyl (C=O) groups is 1. The van der Waals surface area contributed by atoms with Gasteiger partial charge in [0.05, 0.1) is 11.5 Å². The third-order valence-corrected chi connectivity index (χ3v) is 6.22. The van der Waals surface area contributed by atoms with Crippen molar-refractivity contribution < 1.29 is 4.79 Å². The summed E-state index contributed by atoms with van der Waals surface area (Å²) in [5.41, 5.74) is 1.88. The van der Waals surface area contributed by atoms with Gasteiger partial charge < -0.3 is 4.57 Å². The molecule has 0 unspecified atom stereocenters. The fourth-order valence-corrected chi connectivity index (χ4v) is 4.30. The smallest absolute Gasteiger partial charge is 0.191 e. The van der Waals surface area contributed by atoms with Crippen molar-refractivity contribution in [2.24, 2.45) is 0 Å². The van der Waals surface area contributed by atoms with E-state index in [1.54, 1.807) is 36.0 Å². The lowest BCUT2D eigenvalue weighted by molar-refractivity contribution is 0.102. The van der Waals surface area contributed by atoms with Crippen molar-refractivity contribution in [2.75, 3.05) is 5.75 Å². The molecule has 1 aromatic heterocycles. The fraction of sp³-hybridized carbons (Fsp3) is 0.190. The van der Waals surface area contributed by atoms with Crippen molar-refractivity contribution in [3.8, 4) is 0 Å². The normalized spacial score (nSPS) is 10.8. The van der Waals surface area contributed by atoms with E-state index in [9.17, 15) is 4.79 Å². The van der Waals surface area contributed by atoms with E-state index < -0.39 is 0 Å². The van der Waals surface area contributed by atoms with Gasteiger partial charge in [0.2, 0.25) is 0 Å². The first-order valence-electron chi connectivity index (χ1n) is 8.71. The Labute approximate surface area is 178 Å². The second-order valence-electron chi connectivity index (χ2n) is 6.12. The van der Waals surface area contributed by atoms with E-state index in [0.29, 0.717) is 28.6 Å². The van der Waals surface area contributed by atoms with Gasteiger partial charge in [0.1, 0.15) is 5.82 Å². The van der Waals surface area contributed by atoms with Crippen molar-refractivity contribution in [1.29, 1.82) is 0 Å². The van der Waals surface area contributed by atoms with Crippen molar-refractivity contribution in [3.63, 3.8) is 0 Å². The molecule has 4 nitrogen and oxygen atoms in total. The summed E-state index contributed by atoms with van der Waals surface area (Å²) in [4.78, 5) is 13.6. The van der Waals surface area contributed by atoms with Gasteiger partial charge in [-0.05, 0) is 43.3 Å². The fourth-order valence-electron chi connectivity index (χ4n) is 2.48. The number of hydrogen-bond donors (Lipinski definition) is 0. The highest BCUT2D eigenvalue weighted by molar-refractivity contribution is 7.99. The van der Waals surface area contributed by atoms with E-state index in [4.69, 9.17) is 11.6 Å². The van der Waals surface area contributed by atoms with Gasteiger partial charge in [-0.3, -0.25) is 4.79 Å². The lowest BCUT2D eigenvalue weighted by atomic mass is 10.1. The number of hydrogen-bond acceptors (Lipinski definition) is 5. The Morgan fingerprint density at radius 3 is 2.50 bits per heavy atom. The minimum atomic E-state index is 0.0328. The van der Waals surface area contributed by atoms with Gasteiger partial charge in [0, 0.05) is 22.0 Å². The molecule has 0 saturated heterocycles. The minimum Gasteiger partial charge on any atom is -0.301 e. The van der Waals surface area contributed by atoms with Crippen molar-refractivity contribution in [1.82, 2.24) is 14.8 Å². The Hall–Kier alpha value is -2.02. The molecule has 0 atom stereocenters. The average Bonchev–Trinajstić information content (AvgIpc) is 3.08. The first-order valence-corrected chi connectivity index (χ1v) is 11.1. The van der Waals surface area contributed by atoms with Crippen LogP contribution in [0.1, 0.15) is 21.7 Å². The molecule has 0 spiro atoms. The largest absolute Gasteiger partial charge is 0.301 e. The van der Waals surface area contributed by atoms with E-state index in [-0.39, 0.29) is 5.78 Å². The number of carbonyl (C=O) groups excluding carboxylic acids is 1. The van der Waals surface area contributed by atoms with E-state index in [1.165, 1.54) is 22.2 Å². The summed E-state index contributed by atoms with van der Waals surface area (Å²) < 4.78 is 2.01. The number of thioether (sulfide) groups is 2. The number of rotatable bonds is 9. The van der Waals surface area contributed by atoms with E-state index in [2.05, 4.69) is 48.0 Å². The molecule has 0 radical (unpaired) electrons. The van der Waals surface area contributed by atoms with Crippen LogP contribution in [0.5, 0.6) is 0 Å². The monoisotopic (exact) mass is 429 g/mol.